The molecule has 0 heterocycles. The number of aliphatic carboxylic acids is 1. The Morgan fingerprint density at radius 2 is 1.89 bits per heavy atom. The highest BCUT2D eigenvalue weighted by molar-refractivity contribution is 5.87. The molecule has 5 heteroatoms. The van der Waals surface area contributed by atoms with Crippen molar-refractivity contribution in [2.45, 2.75) is 57.4 Å². The first-order valence-corrected chi connectivity index (χ1v) is 7.19. The Bertz CT molecular complexity index is 369. The molecule has 0 bridgehead atoms. The maximum atomic E-state index is 12.1. The molecule has 0 saturated heterocycles. The molecule has 0 spiro atoms. The quantitative estimate of drug-likeness (QED) is 0.700. The van der Waals surface area contributed by atoms with Crippen molar-refractivity contribution in [2.75, 3.05) is 6.54 Å². The Balaban J connectivity index is 1.95. The van der Waals surface area contributed by atoms with E-state index in [1.165, 1.54) is 0 Å². The SMILES string of the molecule is CC(N)(C(=O)NCC1(C(=O)O)CCCCC1)C1CC1. The summed E-state index contributed by atoms with van der Waals surface area (Å²) in [5.74, 6) is -0.751. The third-order valence-corrected chi connectivity index (χ3v) is 4.77. The van der Waals surface area contributed by atoms with Crippen LogP contribution in [0.2, 0.25) is 0 Å². The van der Waals surface area contributed by atoms with Gasteiger partial charge in [-0.3, -0.25) is 9.59 Å². The van der Waals surface area contributed by atoms with Gasteiger partial charge in [0.15, 0.2) is 0 Å². The van der Waals surface area contributed by atoms with Crippen molar-refractivity contribution in [1.82, 2.24) is 5.32 Å². The van der Waals surface area contributed by atoms with E-state index >= 15 is 0 Å². The van der Waals surface area contributed by atoms with Crippen molar-refractivity contribution >= 4 is 11.9 Å². The van der Waals surface area contributed by atoms with Gasteiger partial charge in [-0.25, -0.2) is 0 Å². The number of carboxylic acids is 1. The molecule has 1 unspecified atom stereocenters. The Morgan fingerprint density at radius 1 is 1.32 bits per heavy atom. The van der Waals surface area contributed by atoms with E-state index < -0.39 is 16.9 Å². The summed E-state index contributed by atoms with van der Waals surface area (Å²) in [5, 5.41) is 12.2. The molecule has 0 aliphatic heterocycles. The Hall–Kier alpha value is -1.10. The first-order valence-electron chi connectivity index (χ1n) is 7.19. The summed E-state index contributed by atoms with van der Waals surface area (Å²) >= 11 is 0. The van der Waals surface area contributed by atoms with Crippen molar-refractivity contribution in [3.05, 3.63) is 0 Å². The molecule has 0 aromatic heterocycles. The molecule has 1 amide bonds. The third kappa shape index (κ3) is 2.91. The lowest BCUT2D eigenvalue weighted by Crippen LogP contribution is -2.56. The summed E-state index contributed by atoms with van der Waals surface area (Å²) in [6, 6.07) is 0. The van der Waals surface area contributed by atoms with E-state index in [9.17, 15) is 14.7 Å². The average molecular weight is 268 g/mol. The van der Waals surface area contributed by atoms with E-state index in [0.717, 1.165) is 32.1 Å². The molecule has 2 fully saturated rings. The minimum atomic E-state index is -0.853. The summed E-state index contributed by atoms with van der Waals surface area (Å²) in [5.41, 5.74) is 4.40. The second-order valence-corrected chi connectivity index (χ2v) is 6.39. The van der Waals surface area contributed by atoms with E-state index in [4.69, 9.17) is 5.73 Å². The van der Waals surface area contributed by atoms with Gasteiger partial charge in [-0.05, 0) is 38.5 Å². The molecule has 2 rings (SSSR count). The number of amides is 1. The van der Waals surface area contributed by atoms with Crippen LogP contribution in [0.25, 0.3) is 0 Å². The standard InChI is InChI=1S/C14H24N2O3/c1-13(15,10-5-6-10)11(17)16-9-14(12(18)19)7-3-2-4-8-14/h10H,2-9,15H2,1H3,(H,16,17)(H,18,19). The number of nitrogens with one attached hydrogen (secondary N) is 1. The molecule has 1 atom stereocenters. The van der Waals surface area contributed by atoms with E-state index in [1.54, 1.807) is 6.92 Å². The lowest BCUT2D eigenvalue weighted by atomic mass is 9.74. The highest BCUT2D eigenvalue weighted by atomic mass is 16.4. The van der Waals surface area contributed by atoms with E-state index in [1.807, 2.05) is 0 Å². The van der Waals surface area contributed by atoms with Crippen LogP contribution in [-0.4, -0.2) is 29.1 Å². The van der Waals surface area contributed by atoms with Gasteiger partial charge in [-0.2, -0.15) is 0 Å². The van der Waals surface area contributed by atoms with Crippen molar-refractivity contribution in [3.63, 3.8) is 0 Å². The van der Waals surface area contributed by atoms with Gasteiger partial charge in [0.25, 0.3) is 0 Å². The third-order valence-electron chi connectivity index (χ3n) is 4.77. The summed E-state index contributed by atoms with van der Waals surface area (Å²) in [6.45, 7) is 1.95. The van der Waals surface area contributed by atoms with Crippen LogP contribution >= 0.6 is 0 Å². The van der Waals surface area contributed by atoms with E-state index in [2.05, 4.69) is 5.32 Å². The van der Waals surface area contributed by atoms with Crippen LogP contribution < -0.4 is 11.1 Å². The smallest absolute Gasteiger partial charge is 0.311 e. The Morgan fingerprint density at radius 3 is 2.37 bits per heavy atom. The number of carboxylic acid groups (broad SMARTS) is 1. The summed E-state index contributed by atoms with van der Waals surface area (Å²) in [4.78, 5) is 23.6. The maximum Gasteiger partial charge on any atom is 0.311 e. The number of hydrogen-bond donors (Lipinski definition) is 3. The monoisotopic (exact) mass is 268 g/mol. The number of nitrogens with two attached hydrogens (primary N) is 1. The van der Waals surface area contributed by atoms with Gasteiger partial charge in [0.05, 0.1) is 11.0 Å². The Kier molecular flexibility index (Phi) is 3.85. The molecule has 4 N–H and O–H groups in total. The number of carbonyl (C=O) groups excluding carboxylic acids is 1. The molecule has 2 aliphatic carbocycles. The zero-order valence-electron chi connectivity index (χ0n) is 11.6. The van der Waals surface area contributed by atoms with Crippen LogP contribution in [0.4, 0.5) is 0 Å². The molecule has 2 aliphatic rings. The molecule has 0 aromatic rings. The number of carbonyl (C=O) groups is 2. The minimum absolute atomic E-state index is 0.207. The van der Waals surface area contributed by atoms with Gasteiger partial charge < -0.3 is 16.2 Å². The second-order valence-electron chi connectivity index (χ2n) is 6.39. The summed E-state index contributed by atoms with van der Waals surface area (Å²) in [7, 11) is 0. The van der Waals surface area contributed by atoms with Crippen molar-refractivity contribution in [2.24, 2.45) is 17.1 Å². The van der Waals surface area contributed by atoms with Crippen LogP contribution in [0.1, 0.15) is 51.9 Å². The summed E-state index contributed by atoms with van der Waals surface area (Å²) < 4.78 is 0. The van der Waals surface area contributed by atoms with Gasteiger partial charge in [-0.15, -0.1) is 0 Å². The number of rotatable bonds is 5. The van der Waals surface area contributed by atoms with Gasteiger partial charge in [0, 0.05) is 6.54 Å². The molecule has 0 aromatic carbocycles. The molecule has 108 valence electrons. The van der Waals surface area contributed by atoms with Gasteiger partial charge in [0.2, 0.25) is 5.91 Å². The fourth-order valence-electron chi connectivity index (χ4n) is 3.00. The zero-order chi connectivity index (χ0) is 14.1. The number of hydrogen-bond acceptors (Lipinski definition) is 3. The van der Waals surface area contributed by atoms with Crippen molar-refractivity contribution < 1.29 is 14.7 Å². The topological polar surface area (TPSA) is 92.4 Å². The highest BCUT2D eigenvalue weighted by Crippen LogP contribution is 2.39. The predicted molar refractivity (Wildman–Crippen MR) is 71.5 cm³/mol. The fraction of sp³-hybridized carbons (Fsp3) is 0.857. The molecule has 2 saturated carbocycles. The van der Waals surface area contributed by atoms with Crippen LogP contribution in [0.3, 0.4) is 0 Å². The molecular weight excluding hydrogens is 244 g/mol. The maximum absolute atomic E-state index is 12.1. The van der Waals surface area contributed by atoms with Gasteiger partial charge >= 0.3 is 5.97 Å². The van der Waals surface area contributed by atoms with Gasteiger partial charge in [0.1, 0.15) is 0 Å². The molecule has 19 heavy (non-hydrogen) atoms. The molecule has 0 radical (unpaired) electrons. The first kappa shape index (κ1) is 14.3. The second kappa shape index (κ2) is 5.12. The van der Waals surface area contributed by atoms with Crippen molar-refractivity contribution in [1.29, 1.82) is 0 Å². The van der Waals surface area contributed by atoms with E-state index in [0.29, 0.717) is 12.8 Å². The normalized spacial score (nSPS) is 25.4. The van der Waals surface area contributed by atoms with Gasteiger partial charge in [-0.1, -0.05) is 19.3 Å². The van der Waals surface area contributed by atoms with Crippen molar-refractivity contribution in [3.8, 4) is 0 Å². The zero-order valence-corrected chi connectivity index (χ0v) is 11.6. The largest absolute Gasteiger partial charge is 0.481 e. The van der Waals surface area contributed by atoms with Crippen LogP contribution in [0, 0.1) is 11.3 Å². The van der Waals surface area contributed by atoms with Crippen LogP contribution in [0.5, 0.6) is 0 Å². The van der Waals surface area contributed by atoms with Crippen LogP contribution in [-0.2, 0) is 9.59 Å². The molecular formula is C14H24N2O3. The molecule has 5 nitrogen and oxygen atoms in total. The first-order chi connectivity index (χ1) is 8.88. The van der Waals surface area contributed by atoms with Crippen LogP contribution in [0.15, 0.2) is 0 Å². The minimum Gasteiger partial charge on any atom is -0.481 e. The Labute approximate surface area is 113 Å². The lowest BCUT2D eigenvalue weighted by Gasteiger charge is -2.34. The lowest BCUT2D eigenvalue weighted by molar-refractivity contribution is -0.151. The summed E-state index contributed by atoms with van der Waals surface area (Å²) in [6.07, 6.45) is 6.20. The fourth-order valence-corrected chi connectivity index (χ4v) is 3.00. The average Bonchev–Trinajstić information content (AvgIpc) is 3.21. The van der Waals surface area contributed by atoms with E-state index in [-0.39, 0.29) is 18.4 Å². The predicted octanol–water partition coefficient (Wildman–Crippen LogP) is 1.27. The highest BCUT2D eigenvalue weighted by Gasteiger charge is 2.46.